The van der Waals surface area contributed by atoms with E-state index < -0.39 is 11.2 Å². The van der Waals surface area contributed by atoms with Gasteiger partial charge in [-0.25, -0.2) is 0 Å². The molecule has 0 saturated heterocycles. The Hall–Kier alpha value is -1.45. The molecule has 0 unspecified atom stereocenters. The lowest BCUT2D eigenvalue weighted by atomic mass is 10.1. The van der Waals surface area contributed by atoms with Crippen LogP contribution in [-0.2, 0) is 0 Å². The van der Waals surface area contributed by atoms with Crippen LogP contribution in [0.4, 0.5) is 0 Å². The fourth-order valence-electron chi connectivity index (χ4n) is 1.61. The lowest BCUT2D eigenvalue weighted by Gasteiger charge is -2.18. The van der Waals surface area contributed by atoms with Crippen molar-refractivity contribution in [3.63, 3.8) is 0 Å². The van der Waals surface area contributed by atoms with Gasteiger partial charge in [-0.05, 0) is 71.7 Å². The molecule has 0 bridgehead atoms. The molecule has 0 amide bonds. The van der Waals surface area contributed by atoms with Crippen molar-refractivity contribution in [1.82, 2.24) is 0 Å². The zero-order chi connectivity index (χ0) is 24.2. The number of aromatic hydroxyl groups is 1. The predicted octanol–water partition coefficient (Wildman–Crippen LogP) is 5.37. The Morgan fingerprint density at radius 2 is 1.35 bits per heavy atom. The molecular formula is C22H27Br2ClO6. The Labute approximate surface area is 204 Å². The van der Waals surface area contributed by atoms with Gasteiger partial charge in [0.25, 0.3) is 0 Å². The summed E-state index contributed by atoms with van der Waals surface area (Å²) in [6, 6.07) is 9.91. The second kappa shape index (κ2) is 13.9. The molecule has 0 aromatic heterocycles. The average Bonchev–Trinajstić information content (AvgIpc) is 2.69. The van der Waals surface area contributed by atoms with E-state index in [1.807, 2.05) is 0 Å². The first-order chi connectivity index (χ1) is 14.3. The monoisotopic (exact) mass is 580 g/mol. The number of phenols is 1. The number of hydrogen-bond acceptors (Lipinski definition) is 6. The van der Waals surface area contributed by atoms with Crippen LogP contribution in [0.15, 0.2) is 45.3 Å². The van der Waals surface area contributed by atoms with Gasteiger partial charge in [-0.3, -0.25) is 9.59 Å². The van der Waals surface area contributed by atoms with E-state index in [0.717, 1.165) is 6.29 Å². The molecule has 0 fully saturated rings. The molecule has 0 radical (unpaired) electrons. The Kier molecular flexibility index (Phi) is 13.2. The van der Waals surface area contributed by atoms with Crippen LogP contribution in [0, 0.1) is 0 Å². The van der Waals surface area contributed by atoms with Gasteiger partial charge in [0.05, 0.1) is 26.0 Å². The Balaban J connectivity index is 0.000000484. The topological polar surface area (TPSA) is 104 Å². The molecule has 0 spiro atoms. The highest BCUT2D eigenvalue weighted by Gasteiger charge is 2.15. The van der Waals surface area contributed by atoms with Gasteiger partial charge in [0.2, 0.25) is 0 Å². The highest BCUT2D eigenvalue weighted by Crippen LogP contribution is 2.28. The van der Waals surface area contributed by atoms with Crippen LogP contribution < -0.4 is 4.74 Å². The quantitative estimate of drug-likeness (QED) is 0.312. The number of carbonyl (C=O) groups is 2. The molecule has 0 saturated carbocycles. The van der Waals surface area contributed by atoms with E-state index in [-0.39, 0.29) is 12.4 Å². The van der Waals surface area contributed by atoms with Crippen molar-refractivity contribution >= 4 is 56.0 Å². The normalized spacial score (nSPS) is 10.7. The Morgan fingerprint density at radius 1 is 0.903 bits per heavy atom. The van der Waals surface area contributed by atoms with Crippen molar-refractivity contribution in [3.8, 4) is 11.5 Å². The maximum absolute atomic E-state index is 10.6. The van der Waals surface area contributed by atoms with E-state index in [1.54, 1.807) is 58.0 Å². The molecular weight excluding hydrogens is 555 g/mol. The molecule has 172 valence electrons. The molecule has 0 aliphatic rings. The number of aliphatic hydroxyl groups is 2. The van der Waals surface area contributed by atoms with Crippen molar-refractivity contribution < 1.29 is 29.6 Å². The molecule has 0 atom stereocenters. The highest BCUT2D eigenvalue weighted by molar-refractivity contribution is 9.11. The number of ether oxygens (including phenoxy) is 1. The van der Waals surface area contributed by atoms with Crippen molar-refractivity contribution in [1.29, 1.82) is 0 Å². The van der Waals surface area contributed by atoms with E-state index in [1.165, 1.54) is 6.07 Å². The molecule has 0 aliphatic carbocycles. The summed E-state index contributed by atoms with van der Waals surface area (Å²) in [6.45, 7) is 6.82. The average molecular weight is 583 g/mol. The number of phenolic OH excluding ortho intramolecular Hbond substituents is 1. The van der Waals surface area contributed by atoms with Crippen LogP contribution in [0.1, 0.15) is 48.4 Å². The van der Waals surface area contributed by atoms with Crippen LogP contribution >= 0.6 is 43.5 Å². The van der Waals surface area contributed by atoms with Gasteiger partial charge in [-0.1, -0.05) is 24.3 Å². The van der Waals surface area contributed by atoms with Gasteiger partial charge in [0, 0.05) is 11.1 Å². The summed E-state index contributed by atoms with van der Waals surface area (Å²) >= 11 is 11.6. The predicted molar refractivity (Wildman–Crippen MR) is 130 cm³/mol. The number of aldehydes is 2. The fraction of sp³-hybridized carbons (Fsp3) is 0.364. The summed E-state index contributed by atoms with van der Waals surface area (Å²) in [5, 5.41) is 27.2. The van der Waals surface area contributed by atoms with Crippen LogP contribution in [0.2, 0.25) is 0 Å². The second-order valence-corrected chi connectivity index (χ2v) is 9.48. The van der Waals surface area contributed by atoms with E-state index in [9.17, 15) is 14.7 Å². The number of halogens is 3. The van der Waals surface area contributed by atoms with Gasteiger partial charge in [-0.2, -0.15) is 0 Å². The summed E-state index contributed by atoms with van der Waals surface area (Å²) in [5.74, 6) is 0.943. The Morgan fingerprint density at radius 3 is 1.74 bits per heavy atom. The van der Waals surface area contributed by atoms with Gasteiger partial charge >= 0.3 is 0 Å². The van der Waals surface area contributed by atoms with Gasteiger partial charge in [0.1, 0.15) is 18.1 Å². The molecule has 0 aliphatic heterocycles. The summed E-state index contributed by atoms with van der Waals surface area (Å²) in [7, 11) is 0. The highest BCUT2D eigenvalue weighted by atomic mass is 79.9. The third kappa shape index (κ3) is 12.9. The summed E-state index contributed by atoms with van der Waals surface area (Å²) in [5.41, 5.74) is -0.596. The number of hydrogen-bond donors (Lipinski definition) is 3. The lowest BCUT2D eigenvalue weighted by molar-refractivity contribution is 0.0282. The molecule has 2 aromatic rings. The molecule has 3 N–H and O–H groups in total. The number of alkyl halides is 1. The van der Waals surface area contributed by atoms with E-state index in [0.29, 0.717) is 38.0 Å². The van der Waals surface area contributed by atoms with Crippen molar-refractivity contribution in [3.05, 3.63) is 56.5 Å². The van der Waals surface area contributed by atoms with Crippen LogP contribution in [0.5, 0.6) is 11.5 Å². The fourth-order valence-corrected chi connectivity index (χ4v) is 2.44. The SMILES string of the molecule is CC(C)(O)CCl.CC(C)(O)COc1cccc(C=O)c1Br.O=Cc1cccc(O)c1Br. The summed E-state index contributed by atoms with van der Waals surface area (Å²) in [6.07, 6.45) is 1.44. The first-order valence-electron chi connectivity index (χ1n) is 9.05. The lowest BCUT2D eigenvalue weighted by Crippen LogP contribution is -2.28. The first kappa shape index (κ1) is 29.5. The molecule has 0 heterocycles. The van der Waals surface area contributed by atoms with E-state index in [4.69, 9.17) is 26.6 Å². The molecule has 6 nitrogen and oxygen atoms in total. The van der Waals surface area contributed by atoms with Gasteiger partial charge in [0.15, 0.2) is 12.6 Å². The molecule has 31 heavy (non-hydrogen) atoms. The van der Waals surface area contributed by atoms with Crippen LogP contribution in [0.25, 0.3) is 0 Å². The standard InChI is InChI=1S/C11H13BrO3.C7H5BrO2.C4H9ClO/c1-11(2,14)7-15-9-5-3-4-8(6-13)10(9)12;8-7-5(4-9)2-1-3-6(7)10;1-4(2,6)3-5/h3-6,14H,7H2,1-2H3;1-4,10H;6H,3H2,1-2H3. The van der Waals surface area contributed by atoms with E-state index >= 15 is 0 Å². The minimum Gasteiger partial charge on any atom is -0.507 e. The Bertz CT molecular complexity index is 845. The third-order valence-electron chi connectivity index (χ3n) is 3.16. The zero-order valence-electron chi connectivity index (χ0n) is 17.7. The van der Waals surface area contributed by atoms with Crippen LogP contribution in [0.3, 0.4) is 0 Å². The molecule has 9 heteroatoms. The summed E-state index contributed by atoms with van der Waals surface area (Å²) in [4.78, 5) is 20.9. The van der Waals surface area contributed by atoms with Crippen molar-refractivity contribution in [2.75, 3.05) is 12.5 Å². The summed E-state index contributed by atoms with van der Waals surface area (Å²) < 4.78 is 6.45. The number of rotatable bonds is 6. The third-order valence-corrected chi connectivity index (χ3v) is 5.53. The minimum atomic E-state index is -0.892. The molecule has 2 aromatic carbocycles. The molecule has 2 rings (SSSR count). The first-order valence-corrected chi connectivity index (χ1v) is 11.2. The zero-order valence-corrected chi connectivity index (χ0v) is 21.7. The second-order valence-electron chi connectivity index (χ2n) is 7.62. The number of carbonyl (C=O) groups excluding carboxylic acids is 2. The maximum atomic E-state index is 10.6. The minimum absolute atomic E-state index is 0.0876. The van der Waals surface area contributed by atoms with Crippen LogP contribution in [-0.4, -0.2) is 51.6 Å². The van der Waals surface area contributed by atoms with Crippen molar-refractivity contribution in [2.45, 2.75) is 38.9 Å². The van der Waals surface area contributed by atoms with Gasteiger partial charge < -0.3 is 20.1 Å². The van der Waals surface area contributed by atoms with Crippen molar-refractivity contribution in [2.24, 2.45) is 0 Å². The largest absolute Gasteiger partial charge is 0.507 e. The van der Waals surface area contributed by atoms with Gasteiger partial charge in [-0.15, -0.1) is 11.6 Å². The number of benzene rings is 2. The maximum Gasteiger partial charge on any atom is 0.151 e. The smallest absolute Gasteiger partial charge is 0.151 e. The van der Waals surface area contributed by atoms with E-state index in [2.05, 4.69) is 31.9 Å².